The number of nitrogens with zero attached hydrogens (tertiary/aromatic N) is 1. The van der Waals surface area contributed by atoms with Crippen molar-refractivity contribution >= 4 is 34.4 Å². The monoisotopic (exact) mass is 493 g/mol. The summed E-state index contributed by atoms with van der Waals surface area (Å²) in [5.74, 6) is -1.13. The van der Waals surface area contributed by atoms with Gasteiger partial charge in [-0.05, 0) is 35.1 Å². The number of aliphatic carboxylic acids is 1. The summed E-state index contributed by atoms with van der Waals surface area (Å²) in [6.45, 7) is 0.684. The zero-order valence-electron chi connectivity index (χ0n) is 19.2. The number of benzene rings is 2. The van der Waals surface area contributed by atoms with Gasteiger partial charge in [0, 0.05) is 24.3 Å². The number of carboxylic acid groups (broad SMARTS) is 1. The fourth-order valence-corrected chi connectivity index (χ4v) is 4.88. The number of thiazole rings is 1. The van der Waals surface area contributed by atoms with Crippen LogP contribution in [-0.2, 0) is 9.53 Å². The maximum Gasteiger partial charge on any atom is 0.413 e. The van der Waals surface area contributed by atoms with E-state index >= 15 is 0 Å². The Morgan fingerprint density at radius 3 is 2.29 bits per heavy atom. The van der Waals surface area contributed by atoms with Crippen molar-refractivity contribution in [3.05, 3.63) is 70.7 Å². The molecular weight excluding hydrogens is 466 g/mol. The van der Waals surface area contributed by atoms with Gasteiger partial charge in [-0.1, -0.05) is 61.4 Å². The highest BCUT2D eigenvalue weighted by molar-refractivity contribution is 7.14. The van der Waals surface area contributed by atoms with Crippen molar-refractivity contribution in [1.29, 1.82) is 0 Å². The summed E-state index contributed by atoms with van der Waals surface area (Å²) in [6.07, 6.45) is 2.62. The summed E-state index contributed by atoms with van der Waals surface area (Å²) in [5.41, 5.74) is 4.82. The quantitative estimate of drug-likeness (QED) is 0.313. The first-order chi connectivity index (χ1) is 17.0. The van der Waals surface area contributed by atoms with Gasteiger partial charge in [0.05, 0.1) is 0 Å². The molecule has 0 atom stereocenters. The minimum absolute atomic E-state index is 0.0325. The summed E-state index contributed by atoms with van der Waals surface area (Å²) in [4.78, 5) is 39.3. The largest absolute Gasteiger partial charge is 0.481 e. The molecule has 0 radical (unpaired) electrons. The Bertz CT molecular complexity index is 1160. The van der Waals surface area contributed by atoms with E-state index in [0.29, 0.717) is 18.1 Å². The first kappa shape index (κ1) is 24.4. The minimum atomic E-state index is -0.788. The Morgan fingerprint density at radius 1 is 0.943 bits per heavy atom. The lowest BCUT2D eigenvalue weighted by Gasteiger charge is -2.14. The third kappa shape index (κ3) is 6.24. The number of unbranched alkanes of at least 4 members (excludes halogenated alkanes) is 3. The van der Waals surface area contributed by atoms with Crippen molar-refractivity contribution in [3.8, 4) is 11.1 Å². The maximum absolute atomic E-state index is 12.4. The molecule has 35 heavy (non-hydrogen) atoms. The molecule has 0 spiro atoms. The number of ether oxygens (including phenoxy) is 1. The molecule has 3 N–H and O–H groups in total. The minimum Gasteiger partial charge on any atom is -0.481 e. The second-order valence-corrected chi connectivity index (χ2v) is 9.16. The lowest BCUT2D eigenvalue weighted by Crippen LogP contribution is -2.25. The molecule has 1 heterocycles. The summed E-state index contributed by atoms with van der Waals surface area (Å²) >= 11 is 1.15. The molecule has 0 saturated heterocycles. The van der Waals surface area contributed by atoms with Crippen LogP contribution >= 0.6 is 11.3 Å². The van der Waals surface area contributed by atoms with Gasteiger partial charge in [0.25, 0.3) is 5.91 Å². The Morgan fingerprint density at radius 2 is 1.60 bits per heavy atom. The second-order valence-electron chi connectivity index (χ2n) is 8.30. The van der Waals surface area contributed by atoms with Crippen LogP contribution in [0, 0.1) is 0 Å². The highest BCUT2D eigenvalue weighted by Gasteiger charge is 2.29. The second kappa shape index (κ2) is 11.6. The third-order valence-corrected chi connectivity index (χ3v) is 6.65. The van der Waals surface area contributed by atoms with Crippen molar-refractivity contribution in [3.63, 3.8) is 0 Å². The van der Waals surface area contributed by atoms with E-state index in [9.17, 15) is 14.4 Å². The fraction of sp³-hybridized carbons (Fsp3) is 0.308. The van der Waals surface area contributed by atoms with Crippen LogP contribution in [0.2, 0.25) is 0 Å². The van der Waals surface area contributed by atoms with Gasteiger partial charge < -0.3 is 15.2 Å². The van der Waals surface area contributed by atoms with Crippen LogP contribution in [0.1, 0.15) is 59.6 Å². The molecule has 0 unspecified atom stereocenters. The Hall–Kier alpha value is -3.72. The topological polar surface area (TPSA) is 118 Å². The number of nitrogens with one attached hydrogen (secondary N) is 2. The Kier molecular flexibility index (Phi) is 8.10. The van der Waals surface area contributed by atoms with Crippen molar-refractivity contribution in [2.24, 2.45) is 0 Å². The normalized spacial score (nSPS) is 12.0. The van der Waals surface area contributed by atoms with E-state index in [-0.39, 0.29) is 30.5 Å². The van der Waals surface area contributed by atoms with Gasteiger partial charge >= 0.3 is 12.1 Å². The molecule has 3 aromatic rings. The first-order valence-corrected chi connectivity index (χ1v) is 12.5. The predicted octanol–water partition coefficient (Wildman–Crippen LogP) is 5.27. The molecule has 0 saturated carbocycles. The van der Waals surface area contributed by atoms with E-state index in [4.69, 9.17) is 9.84 Å². The zero-order valence-corrected chi connectivity index (χ0v) is 20.0. The van der Waals surface area contributed by atoms with E-state index in [0.717, 1.165) is 52.9 Å². The summed E-state index contributed by atoms with van der Waals surface area (Å²) < 4.78 is 5.52. The van der Waals surface area contributed by atoms with Crippen LogP contribution in [0.3, 0.4) is 0 Å². The molecule has 4 rings (SSSR count). The van der Waals surface area contributed by atoms with Crippen molar-refractivity contribution in [2.45, 2.75) is 38.0 Å². The molecule has 9 heteroatoms. The van der Waals surface area contributed by atoms with Gasteiger partial charge in [-0.25, -0.2) is 9.78 Å². The Balaban J connectivity index is 1.23. The lowest BCUT2D eigenvalue weighted by molar-refractivity contribution is -0.137. The highest BCUT2D eigenvalue weighted by Crippen LogP contribution is 2.44. The molecule has 0 aliphatic heterocycles. The van der Waals surface area contributed by atoms with Gasteiger partial charge in [-0.15, -0.1) is 11.3 Å². The molecule has 1 aliphatic carbocycles. The number of carbonyl (C=O) groups is 3. The number of anilines is 1. The summed E-state index contributed by atoms with van der Waals surface area (Å²) in [5, 5.41) is 15.9. The van der Waals surface area contributed by atoms with E-state index in [1.54, 1.807) is 5.38 Å². The van der Waals surface area contributed by atoms with E-state index < -0.39 is 12.1 Å². The first-order valence-electron chi connectivity index (χ1n) is 11.6. The van der Waals surface area contributed by atoms with Crippen LogP contribution in [0.5, 0.6) is 0 Å². The Labute approximate surface area is 207 Å². The number of aromatic nitrogens is 1. The molecule has 0 fully saturated rings. The van der Waals surface area contributed by atoms with Gasteiger partial charge in [0.15, 0.2) is 5.13 Å². The number of hydrogen-bond acceptors (Lipinski definition) is 6. The molecule has 1 aliphatic rings. The molecule has 2 amide bonds. The number of rotatable bonds is 11. The molecule has 8 nitrogen and oxygen atoms in total. The van der Waals surface area contributed by atoms with Crippen molar-refractivity contribution in [1.82, 2.24) is 10.3 Å². The number of fused-ring (bicyclic) bond motifs is 3. The molecular formula is C26H27N3O5S. The van der Waals surface area contributed by atoms with E-state index in [2.05, 4.69) is 39.9 Å². The number of amides is 2. The average Bonchev–Trinajstić information content (AvgIpc) is 3.44. The number of carbonyl (C=O) groups excluding carboxylic acids is 2. The fourth-order valence-electron chi connectivity index (χ4n) is 4.20. The van der Waals surface area contributed by atoms with Crippen LogP contribution in [0.15, 0.2) is 53.9 Å². The van der Waals surface area contributed by atoms with E-state index in [1.807, 2.05) is 24.3 Å². The molecule has 2 aromatic carbocycles. The van der Waals surface area contributed by atoms with Gasteiger partial charge in [-0.3, -0.25) is 14.9 Å². The molecule has 182 valence electrons. The van der Waals surface area contributed by atoms with Crippen molar-refractivity contribution < 1.29 is 24.2 Å². The predicted molar refractivity (Wildman–Crippen MR) is 134 cm³/mol. The highest BCUT2D eigenvalue weighted by atomic mass is 32.1. The zero-order chi connectivity index (χ0) is 24.6. The summed E-state index contributed by atoms with van der Waals surface area (Å²) in [6, 6.07) is 16.3. The van der Waals surface area contributed by atoms with Crippen LogP contribution in [0.4, 0.5) is 9.93 Å². The number of carboxylic acids is 1. The average molecular weight is 494 g/mol. The maximum atomic E-state index is 12.4. The van der Waals surface area contributed by atoms with Crippen LogP contribution in [-0.4, -0.2) is 41.2 Å². The van der Waals surface area contributed by atoms with E-state index in [1.165, 1.54) is 0 Å². The van der Waals surface area contributed by atoms with Gasteiger partial charge in [0.1, 0.15) is 12.3 Å². The summed E-state index contributed by atoms with van der Waals surface area (Å²) in [7, 11) is 0. The van der Waals surface area contributed by atoms with Gasteiger partial charge in [-0.2, -0.15) is 0 Å². The van der Waals surface area contributed by atoms with Crippen LogP contribution in [0.25, 0.3) is 11.1 Å². The smallest absolute Gasteiger partial charge is 0.413 e. The van der Waals surface area contributed by atoms with Crippen molar-refractivity contribution in [2.75, 3.05) is 18.5 Å². The number of hydrogen-bond donors (Lipinski definition) is 3. The molecule has 1 aromatic heterocycles. The molecule has 0 bridgehead atoms. The SMILES string of the molecule is O=C(O)CCCCCCNC(=O)c1csc(NC(=O)OCC2c3ccccc3-c3ccccc32)n1. The van der Waals surface area contributed by atoms with Crippen LogP contribution < -0.4 is 10.6 Å². The standard InChI is InChI=1S/C26H27N3O5S/c30-23(31)13-3-1-2-8-14-27-24(32)22-16-35-25(28-22)29-26(33)34-15-21-19-11-6-4-9-17(19)18-10-5-7-12-20(18)21/h4-7,9-12,16,21H,1-3,8,13-15H2,(H,27,32)(H,30,31)(H,28,29,33). The lowest BCUT2D eigenvalue weighted by atomic mass is 9.98. The van der Waals surface area contributed by atoms with Gasteiger partial charge in [0.2, 0.25) is 0 Å². The third-order valence-electron chi connectivity index (χ3n) is 5.89.